The van der Waals surface area contributed by atoms with E-state index in [1.54, 1.807) is 24.3 Å². The van der Waals surface area contributed by atoms with Crippen molar-refractivity contribution in [2.24, 2.45) is 0 Å². The van der Waals surface area contributed by atoms with E-state index in [9.17, 15) is 14.9 Å². The molecule has 0 radical (unpaired) electrons. The first-order valence-electron chi connectivity index (χ1n) is 6.89. The average molecular weight is 412 g/mol. The molecule has 10 heteroatoms. The lowest BCUT2D eigenvalue weighted by molar-refractivity contribution is -0.384. The first-order chi connectivity index (χ1) is 12.3. The number of carbonyl (C=O) groups excluding carboxylic acids is 1. The maximum absolute atomic E-state index is 12.2. The van der Waals surface area contributed by atoms with Crippen molar-refractivity contribution in [3.05, 3.63) is 73.4 Å². The number of halogens is 3. The molecule has 0 saturated carbocycles. The number of carbonyl (C=O) groups is 1. The highest BCUT2D eigenvalue weighted by Gasteiger charge is 2.15. The van der Waals surface area contributed by atoms with Crippen LogP contribution in [0.1, 0.15) is 0 Å². The fourth-order valence-corrected chi connectivity index (χ4v) is 2.38. The molecule has 26 heavy (non-hydrogen) atoms. The van der Waals surface area contributed by atoms with Crippen LogP contribution in [0.5, 0.6) is 0 Å². The van der Waals surface area contributed by atoms with Gasteiger partial charge in [0.1, 0.15) is 16.7 Å². The van der Waals surface area contributed by atoms with Crippen molar-refractivity contribution in [2.45, 2.75) is 0 Å². The van der Waals surface area contributed by atoms with E-state index in [0.717, 1.165) is 12.3 Å². The molecule has 2 N–H and O–H groups in total. The number of hydrogen-bond donors (Lipinski definition) is 2. The van der Waals surface area contributed by atoms with E-state index in [4.69, 9.17) is 40.1 Å². The highest BCUT2D eigenvalue weighted by atomic mass is 35.5. The third-order valence-electron chi connectivity index (χ3n) is 3.09. The molecule has 0 fully saturated rings. The van der Waals surface area contributed by atoms with Crippen LogP contribution in [-0.2, 0) is 4.79 Å². The lowest BCUT2D eigenvalue weighted by Crippen LogP contribution is -2.14. The Balaban J connectivity index is 2.19. The van der Waals surface area contributed by atoms with Gasteiger partial charge in [0.05, 0.1) is 20.7 Å². The molecule has 0 heterocycles. The molecule has 0 bridgehead atoms. The van der Waals surface area contributed by atoms with Gasteiger partial charge in [-0.2, -0.15) is 5.26 Å². The van der Waals surface area contributed by atoms with E-state index in [1.165, 1.54) is 12.1 Å². The fraction of sp³-hybridized carbons (Fsp3) is 0. The van der Waals surface area contributed by atoms with E-state index >= 15 is 0 Å². The first kappa shape index (κ1) is 19.5. The van der Waals surface area contributed by atoms with Gasteiger partial charge in [-0.3, -0.25) is 14.9 Å². The minimum absolute atomic E-state index is 0.0682. The van der Waals surface area contributed by atoms with Gasteiger partial charge in [-0.05, 0) is 24.3 Å². The maximum Gasteiger partial charge on any atom is 0.289 e. The zero-order chi connectivity index (χ0) is 19.3. The number of hydrogen-bond acceptors (Lipinski definition) is 5. The molecule has 2 rings (SSSR count). The van der Waals surface area contributed by atoms with Crippen LogP contribution in [0, 0.1) is 21.4 Å². The van der Waals surface area contributed by atoms with Crippen molar-refractivity contribution in [3.8, 4) is 6.07 Å². The van der Waals surface area contributed by atoms with Crippen molar-refractivity contribution in [1.29, 1.82) is 5.26 Å². The summed E-state index contributed by atoms with van der Waals surface area (Å²) in [7, 11) is 0. The molecule has 2 aromatic rings. The molecular formula is C16H9Cl3N4O3. The summed E-state index contributed by atoms with van der Waals surface area (Å²) in [5.41, 5.74) is -0.121. The Hall–Kier alpha value is -2.79. The molecule has 7 nitrogen and oxygen atoms in total. The molecular weight excluding hydrogens is 403 g/mol. The number of amides is 1. The van der Waals surface area contributed by atoms with Crippen LogP contribution < -0.4 is 10.6 Å². The van der Waals surface area contributed by atoms with Gasteiger partial charge in [-0.25, -0.2) is 0 Å². The van der Waals surface area contributed by atoms with E-state index < -0.39 is 10.8 Å². The largest absolute Gasteiger partial charge is 0.359 e. The van der Waals surface area contributed by atoms with Crippen LogP contribution in [-0.4, -0.2) is 10.8 Å². The highest BCUT2D eigenvalue weighted by Crippen LogP contribution is 2.30. The van der Waals surface area contributed by atoms with Gasteiger partial charge < -0.3 is 10.6 Å². The van der Waals surface area contributed by atoms with Crippen LogP contribution in [0.3, 0.4) is 0 Å². The summed E-state index contributed by atoms with van der Waals surface area (Å²) < 4.78 is 0. The second kappa shape index (κ2) is 8.54. The van der Waals surface area contributed by atoms with E-state index in [0.29, 0.717) is 10.7 Å². The molecule has 0 atom stereocenters. The second-order valence-electron chi connectivity index (χ2n) is 4.79. The van der Waals surface area contributed by atoms with Gasteiger partial charge in [0.25, 0.3) is 11.6 Å². The third kappa shape index (κ3) is 4.64. The average Bonchev–Trinajstić information content (AvgIpc) is 2.60. The summed E-state index contributed by atoms with van der Waals surface area (Å²) >= 11 is 17.6. The third-order valence-corrected chi connectivity index (χ3v) is 4.23. The summed E-state index contributed by atoms with van der Waals surface area (Å²) in [4.78, 5) is 22.4. The van der Waals surface area contributed by atoms with Crippen LogP contribution in [0.4, 0.5) is 17.1 Å². The molecule has 2 aromatic carbocycles. The van der Waals surface area contributed by atoms with Gasteiger partial charge >= 0.3 is 0 Å². The van der Waals surface area contributed by atoms with Crippen LogP contribution in [0.15, 0.2) is 48.2 Å². The zero-order valence-electron chi connectivity index (χ0n) is 12.8. The van der Waals surface area contributed by atoms with Crippen molar-refractivity contribution >= 4 is 57.8 Å². The van der Waals surface area contributed by atoms with Gasteiger partial charge in [-0.15, -0.1) is 0 Å². The van der Waals surface area contributed by atoms with Crippen molar-refractivity contribution < 1.29 is 9.72 Å². The lowest BCUT2D eigenvalue weighted by atomic mass is 10.2. The maximum atomic E-state index is 12.2. The molecule has 0 aliphatic carbocycles. The molecule has 0 aliphatic rings. The molecule has 0 aliphatic heterocycles. The standard InChI is InChI=1S/C16H9Cl3N4O3/c17-11-5-4-10(6-14(11)23(25)26)22-16(24)9(7-20)8-21-13-3-1-2-12(18)15(13)19/h1-6,8,21H,(H,22,24)/b9-8-. The normalized spacial score (nSPS) is 10.8. The summed E-state index contributed by atoms with van der Waals surface area (Å²) in [5, 5.41) is 25.6. The Morgan fingerprint density at radius 2 is 1.92 bits per heavy atom. The summed E-state index contributed by atoms with van der Waals surface area (Å²) in [6.07, 6.45) is 1.15. The van der Waals surface area contributed by atoms with Gasteiger partial charge in [0.15, 0.2) is 0 Å². The predicted octanol–water partition coefficient (Wildman–Crippen LogP) is 5.01. The monoisotopic (exact) mass is 410 g/mol. The Labute approximate surface area is 162 Å². The number of anilines is 2. The number of nitro benzene ring substituents is 1. The zero-order valence-corrected chi connectivity index (χ0v) is 15.1. The first-order valence-corrected chi connectivity index (χ1v) is 8.03. The van der Waals surface area contributed by atoms with Crippen LogP contribution in [0.25, 0.3) is 0 Å². The Bertz CT molecular complexity index is 954. The predicted molar refractivity (Wildman–Crippen MR) is 101 cm³/mol. The van der Waals surface area contributed by atoms with Crippen LogP contribution in [0.2, 0.25) is 15.1 Å². The Morgan fingerprint density at radius 1 is 1.19 bits per heavy atom. The van der Waals surface area contributed by atoms with E-state index in [2.05, 4.69) is 10.6 Å². The van der Waals surface area contributed by atoms with Crippen molar-refractivity contribution in [3.63, 3.8) is 0 Å². The van der Waals surface area contributed by atoms with Gasteiger partial charge in [0.2, 0.25) is 0 Å². The number of nitro groups is 1. The molecule has 132 valence electrons. The molecule has 0 unspecified atom stereocenters. The molecule has 1 amide bonds. The number of nitrogens with zero attached hydrogens (tertiary/aromatic N) is 2. The SMILES string of the molecule is N#C/C(=C/Nc1cccc(Cl)c1Cl)C(=O)Nc1ccc(Cl)c([N+](=O)[O-])c1. The highest BCUT2D eigenvalue weighted by molar-refractivity contribution is 6.43. The number of benzene rings is 2. The molecule has 0 saturated heterocycles. The van der Waals surface area contributed by atoms with E-state index in [-0.39, 0.29) is 27.0 Å². The topological polar surface area (TPSA) is 108 Å². The van der Waals surface area contributed by atoms with Crippen molar-refractivity contribution in [1.82, 2.24) is 0 Å². The Kier molecular flexibility index (Phi) is 6.41. The van der Waals surface area contributed by atoms with Crippen molar-refractivity contribution in [2.75, 3.05) is 10.6 Å². The number of rotatable bonds is 5. The van der Waals surface area contributed by atoms with Gasteiger partial charge in [0, 0.05) is 18.0 Å². The summed E-state index contributed by atoms with van der Waals surface area (Å²) in [5.74, 6) is -0.769. The summed E-state index contributed by atoms with van der Waals surface area (Å²) in [6, 6.07) is 10.3. The smallest absolute Gasteiger partial charge is 0.289 e. The summed E-state index contributed by atoms with van der Waals surface area (Å²) in [6.45, 7) is 0. The minimum atomic E-state index is -0.769. The second-order valence-corrected chi connectivity index (χ2v) is 5.99. The van der Waals surface area contributed by atoms with Gasteiger partial charge in [-0.1, -0.05) is 40.9 Å². The Morgan fingerprint density at radius 3 is 2.58 bits per heavy atom. The van der Waals surface area contributed by atoms with Crippen LogP contribution >= 0.6 is 34.8 Å². The number of nitrogens with one attached hydrogen (secondary N) is 2. The number of nitriles is 1. The quantitative estimate of drug-likeness (QED) is 0.311. The minimum Gasteiger partial charge on any atom is -0.359 e. The molecule has 0 spiro atoms. The fourth-order valence-electron chi connectivity index (χ4n) is 1.84. The lowest BCUT2D eigenvalue weighted by Gasteiger charge is -2.07. The van der Waals surface area contributed by atoms with E-state index in [1.807, 2.05) is 0 Å². The molecule has 0 aromatic heterocycles.